The Balaban J connectivity index is 1.42. The van der Waals surface area contributed by atoms with Crippen LogP contribution in [-0.4, -0.2) is 55.1 Å². The molecule has 1 atom stereocenters. The molecular formula is C15H23N3O. The summed E-state index contributed by atoms with van der Waals surface area (Å²) in [6.07, 6.45) is 5.58. The fraction of sp³-hybridized carbons (Fsp3) is 0.733. The number of nitrogens with zero attached hydrogens (tertiary/aromatic N) is 2. The third-order valence-corrected chi connectivity index (χ3v) is 5.09. The van der Waals surface area contributed by atoms with Gasteiger partial charge in [-0.3, -0.25) is 9.80 Å². The zero-order chi connectivity index (χ0) is 12.7. The van der Waals surface area contributed by atoms with Crippen molar-refractivity contribution in [1.82, 2.24) is 15.1 Å². The van der Waals surface area contributed by atoms with Gasteiger partial charge in [-0.1, -0.05) is 0 Å². The molecule has 0 amide bonds. The smallest absolute Gasteiger partial charge is 0.108 e. The third-order valence-electron chi connectivity index (χ3n) is 5.09. The van der Waals surface area contributed by atoms with Gasteiger partial charge in [0.2, 0.25) is 0 Å². The summed E-state index contributed by atoms with van der Waals surface area (Å²) in [4.78, 5) is 5.34. The van der Waals surface area contributed by atoms with Crippen LogP contribution in [0.2, 0.25) is 0 Å². The van der Waals surface area contributed by atoms with E-state index < -0.39 is 0 Å². The Labute approximate surface area is 114 Å². The second-order valence-corrected chi connectivity index (χ2v) is 6.09. The van der Waals surface area contributed by atoms with Crippen LogP contribution in [0.15, 0.2) is 16.7 Å². The van der Waals surface area contributed by atoms with Crippen LogP contribution in [-0.2, 0) is 6.42 Å². The molecule has 1 aromatic rings. The molecule has 3 aliphatic rings. The van der Waals surface area contributed by atoms with Gasteiger partial charge in [0.05, 0.1) is 6.26 Å². The summed E-state index contributed by atoms with van der Waals surface area (Å²) >= 11 is 0. The van der Waals surface area contributed by atoms with Crippen molar-refractivity contribution in [2.24, 2.45) is 0 Å². The monoisotopic (exact) mass is 261 g/mol. The number of aryl methyl sites for hydroxylation is 1. The predicted octanol–water partition coefficient (Wildman–Crippen LogP) is 1.25. The highest BCUT2D eigenvalue weighted by atomic mass is 16.3. The zero-order valence-corrected chi connectivity index (χ0v) is 11.5. The zero-order valence-electron chi connectivity index (χ0n) is 11.5. The molecule has 0 aromatic carbocycles. The van der Waals surface area contributed by atoms with Crippen LogP contribution in [0.3, 0.4) is 0 Å². The predicted molar refractivity (Wildman–Crippen MR) is 74.2 cm³/mol. The SMILES string of the molecule is c1cc2c(o1)CCCC2N1CCN(C2CNC2)CC1. The van der Waals surface area contributed by atoms with Crippen LogP contribution in [0.1, 0.15) is 30.2 Å². The summed E-state index contributed by atoms with van der Waals surface area (Å²) in [6, 6.07) is 3.61. The number of hydrogen-bond acceptors (Lipinski definition) is 4. The van der Waals surface area contributed by atoms with Gasteiger partial charge in [-0.05, 0) is 18.9 Å². The van der Waals surface area contributed by atoms with Crippen molar-refractivity contribution in [2.45, 2.75) is 31.3 Å². The number of nitrogens with one attached hydrogen (secondary N) is 1. The number of rotatable bonds is 2. The van der Waals surface area contributed by atoms with E-state index in [9.17, 15) is 0 Å². The molecular weight excluding hydrogens is 238 g/mol. The standard InChI is InChI=1S/C15H23N3O/c1-2-14(13-4-9-19-15(13)3-1)18-7-5-17(6-8-18)12-10-16-11-12/h4,9,12,14,16H,1-3,5-8,10-11H2. The molecule has 2 aliphatic heterocycles. The fourth-order valence-electron chi connectivity index (χ4n) is 3.79. The molecule has 0 saturated carbocycles. The van der Waals surface area contributed by atoms with E-state index in [2.05, 4.69) is 21.2 Å². The molecule has 0 spiro atoms. The highest BCUT2D eigenvalue weighted by molar-refractivity contribution is 5.24. The van der Waals surface area contributed by atoms with Crippen LogP contribution >= 0.6 is 0 Å². The van der Waals surface area contributed by atoms with Crippen LogP contribution in [0.25, 0.3) is 0 Å². The Morgan fingerprint density at radius 2 is 1.89 bits per heavy atom. The van der Waals surface area contributed by atoms with E-state index >= 15 is 0 Å². The Kier molecular flexibility index (Phi) is 3.10. The first-order valence-electron chi connectivity index (χ1n) is 7.67. The molecule has 104 valence electrons. The molecule has 4 rings (SSSR count). The molecule has 0 radical (unpaired) electrons. The Morgan fingerprint density at radius 3 is 2.63 bits per heavy atom. The number of fused-ring (bicyclic) bond motifs is 1. The van der Waals surface area contributed by atoms with Crippen molar-refractivity contribution >= 4 is 0 Å². The molecule has 2 fully saturated rings. The minimum Gasteiger partial charge on any atom is -0.469 e. The summed E-state index contributed by atoms with van der Waals surface area (Å²) in [5.41, 5.74) is 1.46. The molecule has 1 unspecified atom stereocenters. The van der Waals surface area contributed by atoms with Gasteiger partial charge in [0.1, 0.15) is 5.76 Å². The van der Waals surface area contributed by atoms with E-state index in [-0.39, 0.29) is 0 Å². The Bertz CT molecular complexity index is 432. The first-order valence-corrected chi connectivity index (χ1v) is 7.67. The maximum atomic E-state index is 5.62. The molecule has 4 nitrogen and oxygen atoms in total. The second-order valence-electron chi connectivity index (χ2n) is 6.09. The minimum absolute atomic E-state index is 0.615. The summed E-state index contributed by atoms with van der Waals surface area (Å²) in [5, 5.41) is 3.37. The average molecular weight is 261 g/mol. The van der Waals surface area contributed by atoms with Gasteiger partial charge in [-0.15, -0.1) is 0 Å². The van der Waals surface area contributed by atoms with E-state index in [1.165, 1.54) is 63.4 Å². The number of furan rings is 1. The maximum absolute atomic E-state index is 5.62. The maximum Gasteiger partial charge on any atom is 0.108 e. The summed E-state index contributed by atoms with van der Waals surface area (Å²) in [5.74, 6) is 1.24. The number of hydrogen-bond donors (Lipinski definition) is 1. The highest BCUT2D eigenvalue weighted by Crippen LogP contribution is 2.35. The Morgan fingerprint density at radius 1 is 1.11 bits per heavy atom. The van der Waals surface area contributed by atoms with Crippen molar-refractivity contribution in [3.8, 4) is 0 Å². The molecule has 1 aliphatic carbocycles. The number of piperazine rings is 1. The average Bonchev–Trinajstić information content (AvgIpc) is 2.86. The van der Waals surface area contributed by atoms with Gasteiger partial charge in [0, 0.05) is 63.3 Å². The largest absolute Gasteiger partial charge is 0.469 e. The molecule has 3 heterocycles. The summed E-state index contributed by atoms with van der Waals surface area (Å²) < 4.78 is 5.62. The van der Waals surface area contributed by atoms with Crippen LogP contribution in [0.5, 0.6) is 0 Å². The van der Waals surface area contributed by atoms with E-state index in [4.69, 9.17) is 4.42 Å². The lowest BCUT2D eigenvalue weighted by atomic mass is 9.91. The fourth-order valence-corrected chi connectivity index (χ4v) is 3.79. The van der Waals surface area contributed by atoms with Gasteiger partial charge in [0.15, 0.2) is 0 Å². The van der Waals surface area contributed by atoms with Crippen LogP contribution in [0, 0.1) is 0 Å². The van der Waals surface area contributed by atoms with E-state index in [0.29, 0.717) is 6.04 Å². The lowest BCUT2D eigenvalue weighted by Crippen LogP contribution is -2.61. The quantitative estimate of drug-likeness (QED) is 0.868. The summed E-state index contributed by atoms with van der Waals surface area (Å²) in [6.45, 7) is 7.27. The van der Waals surface area contributed by atoms with Gasteiger partial charge in [0.25, 0.3) is 0 Å². The van der Waals surface area contributed by atoms with Crippen molar-refractivity contribution in [1.29, 1.82) is 0 Å². The third kappa shape index (κ3) is 2.12. The van der Waals surface area contributed by atoms with Gasteiger partial charge in [-0.2, -0.15) is 0 Å². The van der Waals surface area contributed by atoms with Gasteiger partial charge in [-0.25, -0.2) is 0 Å². The van der Waals surface area contributed by atoms with Crippen molar-refractivity contribution in [3.05, 3.63) is 23.7 Å². The second kappa shape index (κ2) is 4.93. The van der Waals surface area contributed by atoms with Crippen molar-refractivity contribution in [2.75, 3.05) is 39.3 Å². The summed E-state index contributed by atoms with van der Waals surface area (Å²) in [7, 11) is 0. The molecule has 1 N–H and O–H groups in total. The van der Waals surface area contributed by atoms with Crippen LogP contribution < -0.4 is 5.32 Å². The van der Waals surface area contributed by atoms with E-state index in [1.54, 1.807) is 0 Å². The minimum atomic E-state index is 0.615. The normalized spacial score (nSPS) is 30.0. The van der Waals surface area contributed by atoms with Crippen molar-refractivity contribution in [3.63, 3.8) is 0 Å². The highest BCUT2D eigenvalue weighted by Gasteiger charge is 2.33. The lowest BCUT2D eigenvalue weighted by Gasteiger charge is -2.45. The van der Waals surface area contributed by atoms with Gasteiger partial charge >= 0.3 is 0 Å². The van der Waals surface area contributed by atoms with E-state index in [0.717, 1.165) is 12.5 Å². The first-order chi connectivity index (χ1) is 9.42. The Hall–Kier alpha value is -0.840. The van der Waals surface area contributed by atoms with Crippen LogP contribution in [0.4, 0.5) is 0 Å². The molecule has 0 bridgehead atoms. The molecule has 4 heteroatoms. The topological polar surface area (TPSA) is 31.7 Å². The van der Waals surface area contributed by atoms with Gasteiger partial charge < -0.3 is 9.73 Å². The van der Waals surface area contributed by atoms with E-state index in [1.807, 2.05) is 6.26 Å². The molecule has 1 aromatic heterocycles. The lowest BCUT2D eigenvalue weighted by molar-refractivity contribution is 0.0464. The molecule has 19 heavy (non-hydrogen) atoms. The molecule has 2 saturated heterocycles. The first kappa shape index (κ1) is 11.9. The van der Waals surface area contributed by atoms with Crippen molar-refractivity contribution < 1.29 is 4.42 Å².